The van der Waals surface area contributed by atoms with Gasteiger partial charge in [0.1, 0.15) is 11.3 Å². The van der Waals surface area contributed by atoms with E-state index < -0.39 is 0 Å². The van der Waals surface area contributed by atoms with Gasteiger partial charge in [0, 0.05) is 43.3 Å². The first-order chi connectivity index (χ1) is 29.7. The summed E-state index contributed by atoms with van der Waals surface area (Å²) < 4.78 is 6.97. The highest BCUT2D eigenvalue weighted by atomic mass is 32.2. The summed E-state index contributed by atoms with van der Waals surface area (Å²) in [7, 11) is 0. The van der Waals surface area contributed by atoms with E-state index in [4.69, 9.17) is 4.42 Å². The molecule has 0 fully saturated rings. The van der Waals surface area contributed by atoms with Crippen LogP contribution < -0.4 is 9.80 Å². The summed E-state index contributed by atoms with van der Waals surface area (Å²) in [6.45, 7) is 2.35. The first kappa shape index (κ1) is 35.0. The van der Waals surface area contributed by atoms with Gasteiger partial charge in [-0.05, 0) is 119 Å². The molecule has 0 N–H and O–H groups in total. The zero-order chi connectivity index (χ0) is 39.8. The molecule has 286 valence electrons. The summed E-state index contributed by atoms with van der Waals surface area (Å²) >= 11 is 1.89. The maximum Gasteiger partial charge on any atom is 0.161 e. The highest BCUT2D eigenvalue weighted by molar-refractivity contribution is 7.99. The Labute approximate surface area is 354 Å². The number of nitrogens with zero attached hydrogens (tertiary/aromatic N) is 2. The number of rotatable bonds is 6. The first-order valence-corrected chi connectivity index (χ1v) is 21.6. The molecule has 12 rings (SSSR count). The van der Waals surface area contributed by atoms with Gasteiger partial charge in [0.15, 0.2) is 5.58 Å². The molecule has 0 radical (unpaired) electrons. The van der Waals surface area contributed by atoms with Crippen molar-refractivity contribution in [1.82, 2.24) is 0 Å². The second-order valence-electron chi connectivity index (χ2n) is 16.1. The van der Waals surface area contributed by atoms with E-state index >= 15 is 0 Å². The van der Waals surface area contributed by atoms with Crippen LogP contribution in [-0.2, 0) is 5.41 Å². The molecule has 1 aliphatic heterocycles. The lowest BCUT2D eigenvalue weighted by Gasteiger charge is -2.42. The molecule has 2 heterocycles. The van der Waals surface area contributed by atoms with Crippen LogP contribution in [0.3, 0.4) is 0 Å². The van der Waals surface area contributed by atoms with Gasteiger partial charge in [-0.25, -0.2) is 0 Å². The lowest BCUT2D eigenvalue weighted by atomic mass is 9.64. The lowest BCUT2D eigenvalue weighted by Crippen LogP contribution is -2.34. The van der Waals surface area contributed by atoms with Gasteiger partial charge in [0.25, 0.3) is 0 Å². The molecule has 0 saturated carbocycles. The molecule has 3 aliphatic rings. The third kappa shape index (κ3) is 5.17. The van der Waals surface area contributed by atoms with E-state index in [9.17, 15) is 0 Å². The third-order valence-electron chi connectivity index (χ3n) is 12.7. The predicted octanol–water partition coefficient (Wildman–Crippen LogP) is 15.7. The molecule has 2 atom stereocenters. The normalized spacial score (nSPS) is 17.4. The van der Waals surface area contributed by atoms with E-state index in [0.29, 0.717) is 5.92 Å². The molecule has 0 amide bonds. The van der Waals surface area contributed by atoms with Crippen LogP contribution in [-0.4, -0.2) is 0 Å². The van der Waals surface area contributed by atoms with Gasteiger partial charge in [0.2, 0.25) is 0 Å². The molecule has 3 nitrogen and oxygen atoms in total. The molecule has 1 aromatic heterocycles. The maximum absolute atomic E-state index is 6.97. The van der Waals surface area contributed by atoms with Crippen molar-refractivity contribution < 1.29 is 4.42 Å². The standard InChI is InChI=1S/C56H40N2OS/c1-37-29-31-43-42-23-11-13-25-46(42)56(49(43)35-37)47-26-14-16-28-52(47)60-53-36-41(30-33-48(53)56)57(38-17-5-2-6-18-38)50-34-32-45-44-24-12-15-27-51(44)59-55(45)54(50)58(39-19-7-3-8-20-39)40-21-9-4-10-22-40/h2-34,36-37H,35H2,1H3. The Morgan fingerprint density at radius 3 is 1.90 bits per heavy atom. The largest absolute Gasteiger partial charge is 0.454 e. The second kappa shape index (κ2) is 13.8. The van der Waals surface area contributed by atoms with E-state index in [2.05, 4.69) is 223 Å². The smallest absolute Gasteiger partial charge is 0.161 e. The van der Waals surface area contributed by atoms with E-state index in [1.165, 1.54) is 43.2 Å². The van der Waals surface area contributed by atoms with Crippen molar-refractivity contribution in [1.29, 1.82) is 0 Å². The molecular formula is C56H40N2OS. The van der Waals surface area contributed by atoms with Gasteiger partial charge >= 0.3 is 0 Å². The summed E-state index contributed by atoms with van der Waals surface area (Å²) in [4.78, 5) is 7.36. The Kier molecular flexibility index (Phi) is 8.04. The molecule has 1 spiro atoms. The topological polar surface area (TPSA) is 19.6 Å². The van der Waals surface area contributed by atoms with E-state index in [0.717, 1.165) is 62.5 Å². The Morgan fingerprint density at radius 2 is 1.15 bits per heavy atom. The average molecular weight is 789 g/mol. The molecule has 4 heteroatoms. The number of allylic oxidation sites excluding steroid dienone is 4. The van der Waals surface area contributed by atoms with Gasteiger partial charge in [-0.1, -0.05) is 152 Å². The number of anilines is 6. The van der Waals surface area contributed by atoms with Crippen molar-refractivity contribution in [3.63, 3.8) is 0 Å². The van der Waals surface area contributed by atoms with Gasteiger partial charge < -0.3 is 14.2 Å². The number of hydrogen-bond donors (Lipinski definition) is 0. The van der Waals surface area contributed by atoms with Crippen LogP contribution in [0.1, 0.15) is 35.6 Å². The van der Waals surface area contributed by atoms with E-state index in [1.54, 1.807) is 0 Å². The van der Waals surface area contributed by atoms with Crippen LogP contribution in [0.5, 0.6) is 0 Å². The zero-order valence-electron chi connectivity index (χ0n) is 33.1. The minimum absolute atomic E-state index is 0.381. The molecule has 9 aromatic rings. The Bertz CT molecular complexity index is 3150. The van der Waals surface area contributed by atoms with Crippen LogP contribution in [0.15, 0.2) is 226 Å². The third-order valence-corrected chi connectivity index (χ3v) is 13.8. The Balaban J connectivity index is 1.14. The Hall–Kier alpha value is -7.01. The fourth-order valence-corrected chi connectivity index (χ4v) is 11.4. The Morgan fingerprint density at radius 1 is 0.533 bits per heavy atom. The molecule has 0 saturated heterocycles. The van der Waals surface area contributed by atoms with Crippen molar-refractivity contribution in [3.8, 4) is 0 Å². The summed E-state index contributed by atoms with van der Waals surface area (Å²) in [5.74, 6) is 0.455. The van der Waals surface area contributed by atoms with Crippen molar-refractivity contribution in [2.75, 3.05) is 9.80 Å². The van der Waals surface area contributed by atoms with Crippen LogP contribution >= 0.6 is 11.8 Å². The van der Waals surface area contributed by atoms with Crippen molar-refractivity contribution >= 4 is 73.4 Å². The number of benzene rings is 8. The quantitative estimate of drug-likeness (QED) is 0.167. The van der Waals surface area contributed by atoms with Gasteiger partial charge in [-0.2, -0.15) is 0 Å². The summed E-state index contributed by atoms with van der Waals surface area (Å²) in [6, 6.07) is 70.5. The summed E-state index contributed by atoms with van der Waals surface area (Å²) in [6.07, 6.45) is 5.81. The minimum atomic E-state index is -0.381. The molecule has 0 bridgehead atoms. The van der Waals surface area contributed by atoms with Crippen LogP contribution in [0.4, 0.5) is 34.1 Å². The van der Waals surface area contributed by atoms with Crippen molar-refractivity contribution in [2.45, 2.75) is 28.6 Å². The molecule has 2 aliphatic carbocycles. The SMILES string of the molecule is CC1C=CC2=C(C1)C1(c3ccccc3Sc3cc(N(c4ccccc4)c4ccc5c(oc6ccccc65)c4N(c4ccccc4)c4ccccc4)ccc31)c1ccccc12. The maximum atomic E-state index is 6.97. The molecule has 8 aromatic carbocycles. The fraction of sp³-hybridized carbons (Fsp3) is 0.0714. The first-order valence-electron chi connectivity index (χ1n) is 20.8. The number of fused-ring (bicyclic) bond motifs is 11. The zero-order valence-corrected chi connectivity index (χ0v) is 33.9. The second-order valence-corrected chi connectivity index (χ2v) is 17.2. The molecular weight excluding hydrogens is 749 g/mol. The van der Waals surface area contributed by atoms with Gasteiger partial charge in [-0.3, -0.25) is 0 Å². The van der Waals surface area contributed by atoms with E-state index in [-0.39, 0.29) is 5.41 Å². The minimum Gasteiger partial charge on any atom is -0.454 e. The monoisotopic (exact) mass is 788 g/mol. The highest BCUT2D eigenvalue weighted by Gasteiger charge is 2.51. The van der Waals surface area contributed by atoms with E-state index in [1.807, 2.05) is 11.8 Å². The number of para-hydroxylation sites is 4. The predicted molar refractivity (Wildman–Crippen MR) is 250 cm³/mol. The van der Waals surface area contributed by atoms with Crippen molar-refractivity contribution in [2.24, 2.45) is 5.92 Å². The molecule has 60 heavy (non-hydrogen) atoms. The van der Waals surface area contributed by atoms with Crippen LogP contribution in [0.25, 0.3) is 27.5 Å². The number of furan rings is 1. The highest BCUT2D eigenvalue weighted by Crippen LogP contribution is 2.64. The lowest BCUT2D eigenvalue weighted by molar-refractivity contribution is 0.606. The van der Waals surface area contributed by atoms with Crippen LogP contribution in [0, 0.1) is 5.92 Å². The molecule has 2 unspecified atom stereocenters. The summed E-state index contributed by atoms with van der Waals surface area (Å²) in [5.41, 5.74) is 15.9. The van der Waals surface area contributed by atoms with Crippen LogP contribution in [0.2, 0.25) is 0 Å². The average Bonchev–Trinajstić information content (AvgIpc) is 3.82. The summed E-state index contributed by atoms with van der Waals surface area (Å²) in [5, 5.41) is 2.17. The fourth-order valence-electron chi connectivity index (χ4n) is 10.2. The van der Waals surface area contributed by atoms with Gasteiger partial charge in [0.05, 0.1) is 11.1 Å². The number of hydrogen-bond acceptors (Lipinski definition) is 4. The van der Waals surface area contributed by atoms with Gasteiger partial charge in [-0.15, -0.1) is 0 Å². The van der Waals surface area contributed by atoms with Crippen molar-refractivity contribution in [3.05, 3.63) is 234 Å².